The fraction of sp³-hybridized carbons (Fsp3) is 0.118. The normalized spacial score (nSPS) is 16.3. The van der Waals surface area contributed by atoms with Crippen LogP contribution < -0.4 is 0 Å². The molecule has 0 saturated carbocycles. The highest BCUT2D eigenvalue weighted by Gasteiger charge is 2.42. The minimum absolute atomic E-state index is 0.0116. The molecular weight excluding hydrogens is 901 g/mol. The first kappa shape index (κ1) is 42.7. The van der Waals surface area contributed by atoms with Gasteiger partial charge in [0.1, 0.15) is 0 Å². The first-order valence-electron chi connectivity index (χ1n) is 25.7. The van der Waals surface area contributed by atoms with Crippen molar-refractivity contribution in [2.45, 2.75) is 50.4 Å². The molecule has 0 fully saturated rings. The molecule has 11 aromatic rings. The molecule has 2 atom stereocenters. The molecule has 5 aliphatic rings. The Hall–Kier alpha value is -9.00. The monoisotopic (exact) mass is 948 g/mol. The molecule has 6 heteroatoms. The van der Waals surface area contributed by atoms with Crippen LogP contribution in [0.15, 0.2) is 206 Å². The van der Waals surface area contributed by atoms with Crippen molar-refractivity contribution in [1.82, 2.24) is 29.9 Å². The maximum absolute atomic E-state index is 5.31. The molecule has 0 aliphatic heterocycles. The Bertz CT molecular complexity index is 3890. The van der Waals surface area contributed by atoms with Gasteiger partial charge in [-0.05, 0) is 102 Å². The average molecular weight is 949 g/mol. The number of fused-ring (bicyclic) bond motifs is 6. The van der Waals surface area contributed by atoms with E-state index in [1.54, 1.807) is 0 Å². The molecule has 2 unspecified atom stereocenters. The lowest BCUT2D eigenvalue weighted by Gasteiger charge is -2.42. The van der Waals surface area contributed by atoms with E-state index in [4.69, 9.17) is 29.9 Å². The van der Waals surface area contributed by atoms with Crippen molar-refractivity contribution < 1.29 is 0 Å². The third-order valence-corrected chi connectivity index (χ3v) is 16.6. The summed E-state index contributed by atoms with van der Waals surface area (Å²) in [4.78, 5) is 31.4. The van der Waals surface area contributed by atoms with Gasteiger partial charge in [-0.1, -0.05) is 210 Å². The quantitative estimate of drug-likeness (QED) is 0.165. The van der Waals surface area contributed by atoms with Gasteiger partial charge in [0.15, 0.2) is 34.9 Å². The van der Waals surface area contributed by atoms with Gasteiger partial charge < -0.3 is 0 Å². The minimum atomic E-state index is -0.0949. The van der Waals surface area contributed by atoms with E-state index in [0.717, 1.165) is 33.4 Å². The number of hydrogen-bond donors (Lipinski definition) is 0. The van der Waals surface area contributed by atoms with E-state index in [0.29, 0.717) is 34.9 Å². The minimum Gasteiger partial charge on any atom is -0.208 e. The first-order valence-corrected chi connectivity index (χ1v) is 25.7. The van der Waals surface area contributed by atoms with Crippen molar-refractivity contribution in [2.24, 2.45) is 0 Å². The van der Waals surface area contributed by atoms with Gasteiger partial charge in [-0.3, -0.25) is 0 Å². The molecule has 0 amide bonds. The number of hydrogen-bond acceptors (Lipinski definition) is 6. The van der Waals surface area contributed by atoms with Crippen molar-refractivity contribution in [1.29, 1.82) is 0 Å². The Morgan fingerprint density at radius 3 is 0.946 bits per heavy atom. The summed E-state index contributed by atoms with van der Waals surface area (Å²) in [5, 5.41) is 0. The molecule has 0 N–H and O–H groups in total. The second-order valence-corrected chi connectivity index (χ2v) is 21.4. The van der Waals surface area contributed by atoms with Gasteiger partial charge in [-0.15, -0.1) is 0 Å². The molecule has 2 heterocycles. The number of benzene rings is 9. The third kappa shape index (κ3) is 6.30. The molecule has 16 rings (SSSR count). The van der Waals surface area contributed by atoms with Crippen molar-refractivity contribution in [3.05, 3.63) is 262 Å². The van der Waals surface area contributed by atoms with Crippen LogP contribution in [-0.2, 0) is 10.8 Å². The van der Waals surface area contributed by atoms with Crippen molar-refractivity contribution in [3.8, 4) is 90.6 Å². The lowest BCUT2D eigenvalue weighted by atomic mass is 9.61. The van der Waals surface area contributed by atoms with E-state index in [1.165, 1.54) is 77.9 Å². The Morgan fingerprint density at radius 2 is 0.541 bits per heavy atom. The fourth-order valence-electron chi connectivity index (χ4n) is 12.9. The highest BCUT2D eigenvalue weighted by molar-refractivity contribution is 5.86. The molecule has 5 aliphatic carbocycles. The maximum Gasteiger partial charge on any atom is 0.164 e. The van der Waals surface area contributed by atoms with Crippen molar-refractivity contribution >= 4 is 0 Å². The Morgan fingerprint density at radius 1 is 0.243 bits per heavy atom. The first-order chi connectivity index (χ1) is 36.2. The molecular formula is C68H48N6. The van der Waals surface area contributed by atoms with Gasteiger partial charge in [-0.25, -0.2) is 29.9 Å². The van der Waals surface area contributed by atoms with Crippen LogP contribution in [-0.4, -0.2) is 29.9 Å². The van der Waals surface area contributed by atoms with E-state index in [2.05, 4.69) is 198 Å². The summed E-state index contributed by atoms with van der Waals surface area (Å²) in [6.07, 6.45) is 0. The van der Waals surface area contributed by atoms with Crippen LogP contribution in [0.1, 0.15) is 95.2 Å². The topological polar surface area (TPSA) is 77.3 Å². The van der Waals surface area contributed by atoms with Crippen LogP contribution in [0.5, 0.6) is 0 Å². The summed E-state index contributed by atoms with van der Waals surface area (Å²) in [6.45, 7) is 9.25. The smallest absolute Gasteiger partial charge is 0.164 e. The SMILES string of the molecule is CC1(C)c2ccccc2-c2cc(-c3nc(-c4ccccc4)nc(-c4ccc5c(c4)C4c6ccccc6C5c5cc(-c6nc(-c7ccccc7)nc(-c7ccc8c(c7)-c7ccccc7C8(C)C)n6)ccc54)n3)ccc21. The zero-order valence-electron chi connectivity index (χ0n) is 41.5. The molecule has 350 valence electrons. The van der Waals surface area contributed by atoms with Crippen molar-refractivity contribution in [3.63, 3.8) is 0 Å². The second-order valence-electron chi connectivity index (χ2n) is 21.4. The highest BCUT2D eigenvalue weighted by Crippen LogP contribution is 2.57. The van der Waals surface area contributed by atoms with E-state index >= 15 is 0 Å². The summed E-state index contributed by atoms with van der Waals surface area (Å²) < 4.78 is 0. The van der Waals surface area contributed by atoms with Gasteiger partial charge in [0, 0.05) is 56.0 Å². The fourth-order valence-corrected chi connectivity index (χ4v) is 12.9. The molecule has 9 aromatic carbocycles. The molecule has 0 spiro atoms. The Balaban J connectivity index is 0.846. The summed E-state index contributed by atoms with van der Waals surface area (Å²) in [5.74, 6) is 3.94. The van der Waals surface area contributed by atoms with E-state index < -0.39 is 0 Å². The van der Waals surface area contributed by atoms with Crippen molar-refractivity contribution in [2.75, 3.05) is 0 Å². The van der Waals surface area contributed by atoms with E-state index in [1.807, 2.05) is 36.4 Å². The van der Waals surface area contributed by atoms with Crippen LogP contribution in [0, 0.1) is 0 Å². The Kier molecular flexibility index (Phi) is 9.08. The number of aromatic nitrogens is 6. The molecule has 6 nitrogen and oxygen atoms in total. The third-order valence-electron chi connectivity index (χ3n) is 16.6. The maximum atomic E-state index is 5.31. The van der Waals surface area contributed by atoms with Gasteiger partial charge in [-0.2, -0.15) is 0 Å². The number of nitrogens with zero attached hydrogens (tertiary/aromatic N) is 6. The molecule has 2 aromatic heterocycles. The summed E-state index contributed by atoms with van der Waals surface area (Å²) in [7, 11) is 0. The highest BCUT2D eigenvalue weighted by atomic mass is 15.0. The van der Waals surface area contributed by atoms with Crippen LogP contribution >= 0.6 is 0 Å². The van der Waals surface area contributed by atoms with Crippen LogP contribution in [0.25, 0.3) is 90.6 Å². The average Bonchev–Trinajstić information content (AvgIpc) is 3.87. The standard InChI is InChI=1S/C68H48N6/c1-67(2)55-25-15-13-21-45(55)51-35-43(29-33-57(51)67)65-71-61(39-17-7-5-8-18-39)69-63(73-65)41-27-31-49-53(37-41)59-47-23-11-12-24-48(47)60(49)54-38-42(28-32-50(54)59)64-70-62(40-19-9-6-10-20-40)72-66(74-64)44-30-34-58-52(36-44)46-22-14-16-26-56(46)68(58,3)4/h5-38,59-60H,1-4H3. The van der Waals surface area contributed by atoms with E-state index in [9.17, 15) is 0 Å². The number of rotatable bonds is 6. The Labute approximate surface area is 430 Å². The zero-order chi connectivity index (χ0) is 49.5. The predicted octanol–water partition coefficient (Wildman–Crippen LogP) is 15.7. The summed E-state index contributed by atoms with van der Waals surface area (Å²) in [5.41, 5.74) is 23.7. The lowest BCUT2D eigenvalue weighted by Crippen LogP contribution is -2.27. The van der Waals surface area contributed by atoms with Crippen LogP contribution in [0.3, 0.4) is 0 Å². The molecule has 0 radical (unpaired) electrons. The molecule has 0 saturated heterocycles. The zero-order valence-corrected chi connectivity index (χ0v) is 41.5. The second kappa shape index (κ2) is 15.7. The van der Waals surface area contributed by atoms with Crippen LogP contribution in [0.4, 0.5) is 0 Å². The predicted molar refractivity (Wildman–Crippen MR) is 296 cm³/mol. The van der Waals surface area contributed by atoms with Gasteiger partial charge >= 0.3 is 0 Å². The largest absolute Gasteiger partial charge is 0.208 e. The molecule has 74 heavy (non-hydrogen) atoms. The summed E-state index contributed by atoms with van der Waals surface area (Å²) in [6, 6.07) is 74.2. The van der Waals surface area contributed by atoms with E-state index in [-0.39, 0.29) is 22.7 Å². The summed E-state index contributed by atoms with van der Waals surface area (Å²) >= 11 is 0. The van der Waals surface area contributed by atoms with Crippen LogP contribution in [0.2, 0.25) is 0 Å². The molecule has 2 bridgehead atoms. The lowest BCUT2D eigenvalue weighted by molar-refractivity contribution is 0.660. The van der Waals surface area contributed by atoms with Gasteiger partial charge in [0.25, 0.3) is 0 Å². The van der Waals surface area contributed by atoms with Gasteiger partial charge in [0.05, 0.1) is 0 Å². The van der Waals surface area contributed by atoms with Gasteiger partial charge in [0.2, 0.25) is 0 Å².